The molecule has 0 saturated carbocycles. The number of piperidine rings is 1. The van der Waals surface area contributed by atoms with Crippen molar-refractivity contribution >= 4 is 29.8 Å². The fourth-order valence-electron chi connectivity index (χ4n) is 6.82. The molecule has 1 aromatic rings. The molecule has 1 saturated heterocycles. The summed E-state index contributed by atoms with van der Waals surface area (Å²) in [7, 11) is 1.93. The number of amides is 1. The van der Waals surface area contributed by atoms with E-state index in [4.69, 9.17) is 24.4 Å². The second kappa shape index (κ2) is 10.8. The molecule has 43 heavy (non-hydrogen) atoms. The number of rotatable bonds is 10. The predicted molar refractivity (Wildman–Crippen MR) is 141 cm³/mol. The zero-order valence-electron chi connectivity index (χ0n) is 23.3. The molecule has 15 nitrogen and oxygen atoms in total. The maximum Gasteiger partial charge on any atom is 0.336 e. The van der Waals surface area contributed by atoms with Gasteiger partial charge in [0.2, 0.25) is 0 Å². The fourth-order valence-corrected chi connectivity index (χ4v) is 6.82. The number of phenols is 1. The molecule has 7 atom stereocenters. The molecule has 1 aromatic carbocycles. The second-order valence-corrected chi connectivity index (χ2v) is 11.4. The number of ether oxygens (including phenoxy) is 3. The van der Waals surface area contributed by atoms with Crippen molar-refractivity contribution < 1.29 is 63.7 Å². The highest BCUT2D eigenvalue weighted by Gasteiger charge is 2.72. The van der Waals surface area contributed by atoms with Crippen molar-refractivity contribution in [2.24, 2.45) is 0 Å². The van der Waals surface area contributed by atoms with Gasteiger partial charge in [-0.1, -0.05) is 6.07 Å². The molecular weight excluding hydrogens is 572 g/mol. The highest BCUT2D eigenvalue weighted by atomic mass is 16.6. The largest absolute Gasteiger partial charge is 0.504 e. The van der Waals surface area contributed by atoms with E-state index in [9.17, 15) is 39.3 Å². The lowest BCUT2D eigenvalue weighted by Gasteiger charge is -2.61. The van der Waals surface area contributed by atoms with Gasteiger partial charge < -0.3 is 50.0 Å². The van der Waals surface area contributed by atoms with Crippen LogP contribution in [0.2, 0.25) is 0 Å². The van der Waals surface area contributed by atoms with Crippen LogP contribution in [0.1, 0.15) is 43.7 Å². The van der Waals surface area contributed by atoms with Gasteiger partial charge in [0.15, 0.2) is 29.8 Å². The van der Waals surface area contributed by atoms with E-state index in [0.29, 0.717) is 24.9 Å². The Morgan fingerprint density at radius 3 is 2.58 bits per heavy atom. The number of hydrogen-bond donors (Lipinski definition) is 6. The number of nitrogens with zero attached hydrogens (tertiary/aromatic N) is 1. The van der Waals surface area contributed by atoms with Gasteiger partial charge in [-0.3, -0.25) is 14.4 Å². The van der Waals surface area contributed by atoms with Crippen molar-refractivity contribution in [3.63, 3.8) is 0 Å². The number of carboxylic acids is 2. The summed E-state index contributed by atoms with van der Waals surface area (Å²) >= 11 is 0. The summed E-state index contributed by atoms with van der Waals surface area (Å²) in [6.07, 6.45) is -3.79. The molecule has 1 amide bonds. The lowest BCUT2D eigenvalue weighted by atomic mass is 9.50. The fraction of sp³-hybridized carbons (Fsp3) is 0.536. The van der Waals surface area contributed by atoms with Crippen LogP contribution in [0.4, 0.5) is 0 Å². The Balaban J connectivity index is 1.26. The van der Waals surface area contributed by atoms with E-state index >= 15 is 0 Å². The maximum absolute atomic E-state index is 12.9. The van der Waals surface area contributed by atoms with E-state index in [2.05, 4.69) is 4.90 Å². The van der Waals surface area contributed by atoms with Gasteiger partial charge in [0, 0.05) is 18.0 Å². The first-order valence-electron chi connectivity index (χ1n) is 13.7. The number of phenolic OH excluding ortho intramolecular Hbond substituents is 1. The molecule has 0 radical (unpaired) electrons. The van der Waals surface area contributed by atoms with Gasteiger partial charge in [-0.05, 0) is 51.1 Å². The summed E-state index contributed by atoms with van der Waals surface area (Å²) in [5, 5.41) is 52.8. The third-order valence-electron chi connectivity index (χ3n) is 8.87. The van der Waals surface area contributed by atoms with Crippen LogP contribution in [-0.2, 0) is 45.3 Å². The second-order valence-electron chi connectivity index (χ2n) is 11.4. The summed E-state index contributed by atoms with van der Waals surface area (Å²) in [5.41, 5.74) is -0.685. The van der Waals surface area contributed by atoms with Crippen LogP contribution < -0.4 is 10.1 Å². The smallest absolute Gasteiger partial charge is 0.336 e. The summed E-state index contributed by atoms with van der Waals surface area (Å²) in [4.78, 5) is 61.5. The average Bonchev–Trinajstić information content (AvgIpc) is 3.29. The number of likely N-dealkylation sites (N-methyl/N-ethyl adjacent to an activating group) is 1. The minimum Gasteiger partial charge on any atom is -0.504 e. The minimum atomic E-state index is -2.06. The molecule has 2 aliphatic carbocycles. The first kappa shape index (κ1) is 30.3. The van der Waals surface area contributed by atoms with Gasteiger partial charge in [-0.25, -0.2) is 9.59 Å². The number of carboxylic acid groups (broad SMARTS) is 2. The first-order chi connectivity index (χ1) is 20.2. The van der Waals surface area contributed by atoms with Crippen LogP contribution in [0.25, 0.3) is 0 Å². The topological polar surface area (TPSA) is 229 Å². The van der Waals surface area contributed by atoms with Crippen molar-refractivity contribution in [2.45, 2.75) is 80.4 Å². The number of likely N-dealkylation sites (tertiary alicyclic amines) is 1. The number of esters is 2. The van der Waals surface area contributed by atoms with E-state index in [-0.39, 0.29) is 29.7 Å². The SMILES string of the molecule is C[C@H](OC(=O)[C@@H](O)CC(=O)OC1=CC[C@@]2(O)[C@H]3Cc4ccc(O)c5c4[C@@]2(CCN3C)[C@H]1O5)C(=O)N[C@@H](CC(=O)O)C(=O)O. The van der Waals surface area contributed by atoms with Gasteiger partial charge in [-0.2, -0.15) is 0 Å². The molecule has 6 N–H and O–H groups in total. The quantitative estimate of drug-likeness (QED) is 0.175. The normalized spacial score (nSPS) is 28.7. The molecule has 2 heterocycles. The monoisotopic (exact) mass is 604 g/mol. The van der Waals surface area contributed by atoms with Crippen molar-refractivity contribution in [2.75, 3.05) is 13.6 Å². The summed E-state index contributed by atoms with van der Waals surface area (Å²) in [5.74, 6) is -6.46. The molecular formula is C28H32N2O13. The Kier molecular flexibility index (Phi) is 7.61. The van der Waals surface area contributed by atoms with E-state index < -0.39 is 78.0 Å². The Morgan fingerprint density at radius 2 is 1.91 bits per heavy atom. The summed E-state index contributed by atoms with van der Waals surface area (Å²) in [6, 6.07) is 1.29. The molecule has 0 aromatic heterocycles. The standard InChI is InChI=1S/C28H32N2O13/c1-12(24(36)29-14(25(37)38)10-19(33)34)41-26(39)16(32)11-20(35)42-17-5-6-28(40)18-9-13-3-4-15(31)22-21(13)27(28,23(17)43-22)7-8-30(18)2/h3-5,12,14,16,18,23,31-32,40H,6-11H2,1-2H3,(H,29,36)(H,33,34)(H,37,38)/t12-,14-,16-,18+,23-,27-,28+/m0/s1. The zero-order valence-corrected chi connectivity index (χ0v) is 23.3. The molecule has 2 aliphatic heterocycles. The van der Waals surface area contributed by atoms with Gasteiger partial charge in [-0.15, -0.1) is 0 Å². The number of aliphatic hydroxyl groups is 2. The number of carbonyl (C=O) groups is 5. The van der Waals surface area contributed by atoms with Gasteiger partial charge in [0.1, 0.15) is 11.8 Å². The molecule has 232 valence electrons. The Hall–Kier alpha value is -4.21. The predicted octanol–water partition coefficient (Wildman–Crippen LogP) is -1.06. The number of carbonyl (C=O) groups excluding carboxylic acids is 3. The minimum absolute atomic E-state index is 0.0629. The van der Waals surface area contributed by atoms with E-state index in [0.717, 1.165) is 12.5 Å². The molecule has 1 spiro atoms. The third-order valence-corrected chi connectivity index (χ3v) is 8.87. The van der Waals surface area contributed by atoms with Gasteiger partial charge >= 0.3 is 23.9 Å². The van der Waals surface area contributed by atoms with Crippen molar-refractivity contribution in [1.29, 1.82) is 0 Å². The van der Waals surface area contributed by atoms with Crippen LogP contribution in [0.15, 0.2) is 24.0 Å². The molecule has 2 bridgehead atoms. The van der Waals surface area contributed by atoms with Crippen molar-refractivity contribution in [3.05, 3.63) is 35.1 Å². The Morgan fingerprint density at radius 1 is 1.19 bits per heavy atom. The number of aliphatic hydroxyl groups excluding tert-OH is 1. The lowest BCUT2D eigenvalue weighted by Crippen LogP contribution is -2.74. The van der Waals surface area contributed by atoms with Crippen molar-refractivity contribution in [1.82, 2.24) is 10.2 Å². The van der Waals surface area contributed by atoms with Crippen molar-refractivity contribution in [3.8, 4) is 11.5 Å². The summed E-state index contributed by atoms with van der Waals surface area (Å²) in [6.45, 7) is 1.69. The molecule has 15 heteroatoms. The number of nitrogens with one attached hydrogen (secondary N) is 1. The van der Waals surface area contributed by atoms with E-state index in [1.807, 2.05) is 12.4 Å². The van der Waals surface area contributed by atoms with Crippen LogP contribution >= 0.6 is 0 Å². The lowest BCUT2D eigenvalue weighted by molar-refractivity contribution is -0.172. The van der Waals surface area contributed by atoms with Crippen LogP contribution in [0.3, 0.4) is 0 Å². The number of benzene rings is 1. The van der Waals surface area contributed by atoms with E-state index in [1.54, 1.807) is 6.07 Å². The summed E-state index contributed by atoms with van der Waals surface area (Å²) < 4.78 is 16.6. The van der Waals surface area contributed by atoms with Gasteiger partial charge in [0.05, 0.1) is 23.9 Å². The van der Waals surface area contributed by atoms with Gasteiger partial charge in [0.25, 0.3) is 5.91 Å². The van der Waals surface area contributed by atoms with Crippen LogP contribution in [0, 0.1) is 0 Å². The number of aromatic hydroxyl groups is 1. The molecule has 5 rings (SSSR count). The molecule has 4 aliphatic rings. The third kappa shape index (κ3) is 4.86. The highest BCUT2D eigenvalue weighted by molar-refractivity contribution is 5.90. The number of hydrogen-bond acceptors (Lipinski definition) is 12. The highest BCUT2D eigenvalue weighted by Crippen LogP contribution is 2.65. The average molecular weight is 605 g/mol. The first-order valence-corrected chi connectivity index (χ1v) is 13.7. The van der Waals surface area contributed by atoms with Crippen LogP contribution in [0.5, 0.6) is 11.5 Å². The number of aliphatic carboxylic acids is 2. The van der Waals surface area contributed by atoms with Crippen LogP contribution in [-0.4, -0.2) is 110 Å². The maximum atomic E-state index is 12.9. The Bertz CT molecular complexity index is 1430. The Labute approximate surface area is 244 Å². The van der Waals surface area contributed by atoms with E-state index in [1.165, 1.54) is 12.1 Å². The zero-order chi connectivity index (χ0) is 31.4. The molecule has 0 unspecified atom stereocenters. The molecule has 1 fully saturated rings.